The molecule has 0 aliphatic heterocycles. The van der Waals surface area contributed by atoms with E-state index in [2.05, 4.69) is 4.74 Å². The average molecular weight is 287 g/mol. The van der Waals surface area contributed by atoms with Crippen molar-refractivity contribution in [1.29, 1.82) is 5.26 Å². The molecule has 0 saturated carbocycles. The summed E-state index contributed by atoms with van der Waals surface area (Å²) in [6, 6.07) is 1.75. The fourth-order valence-electron chi connectivity index (χ4n) is 1.57. The van der Waals surface area contributed by atoms with Crippen LogP contribution in [0.5, 0.6) is 0 Å². The van der Waals surface area contributed by atoms with E-state index in [1.807, 2.05) is 0 Å². The zero-order valence-corrected chi connectivity index (χ0v) is 12.7. The second-order valence-electron chi connectivity index (χ2n) is 4.21. The van der Waals surface area contributed by atoms with E-state index in [0.717, 1.165) is 0 Å². The highest BCUT2D eigenvalue weighted by atomic mass is 16.5. The molecule has 0 amide bonds. The highest BCUT2D eigenvalue weighted by Gasteiger charge is 2.16. The van der Waals surface area contributed by atoms with Gasteiger partial charge >= 0.3 is 5.97 Å². The molecule has 0 aromatic carbocycles. The highest BCUT2D eigenvalue weighted by molar-refractivity contribution is 5.80. The van der Waals surface area contributed by atoms with Crippen molar-refractivity contribution >= 4 is 17.5 Å². The molecule has 0 fully saturated rings. The van der Waals surface area contributed by atoms with Gasteiger partial charge in [0.05, 0.1) is 13.2 Å². The highest BCUT2D eigenvalue weighted by Crippen LogP contribution is 2.17. The molecular weight excluding hydrogens is 262 g/mol. The maximum absolute atomic E-state index is 11.3. The Balaban J connectivity index is -0.000000657. The zero-order valence-electron chi connectivity index (χ0n) is 12.7. The number of ketones is 2. The third-order valence-electron chi connectivity index (χ3n) is 2.47. The first-order valence-electron chi connectivity index (χ1n) is 6.29. The number of hydrogen-bond acceptors (Lipinski definition) is 5. The van der Waals surface area contributed by atoms with Crippen LogP contribution in [0, 0.1) is 17.2 Å². The van der Waals surface area contributed by atoms with Crippen molar-refractivity contribution in [1.82, 2.24) is 0 Å². The van der Waals surface area contributed by atoms with E-state index >= 15 is 0 Å². The minimum atomic E-state index is -0.294. The molecule has 0 rings (SSSR count). The van der Waals surface area contributed by atoms with Gasteiger partial charge < -0.3 is 15.0 Å². The van der Waals surface area contributed by atoms with Crippen LogP contribution in [-0.2, 0) is 19.1 Å². The van der Waals surface area contributed by atoms with Crippen LogP contribution < -0.4 is 0 Å². The van der Waals surface area contributed by atoms with Crippen molar-refractivity contribution in [3.05, 3.63) is 0 Å². The minimum absolute atomic E-state index is 0. The number of carbonyl (C=O) groups is 3. The van der Waals surface area contributed by atoms with Crippen molar-refractivity contribution in [2.75, 3.05) is 7.11 Å². The van der Waals surface area contributed by atoms with E-state index in [9.17, 15) is 14.4 Å². The van der Waals surface area contributed by atoms with Crippen LogP contribution in [-0.4, -0.2) is 30.1 Å². The van der Waals surface area contributed by atoms with Gasteiger partial charge in [0, 0.05) is 32.6 Å². The molecule has 0 aromatic rings. The average Bonchev–Trinajstić information content (AvgIpc) is 2.35. The normalized spacial score (nSPS) is 9.95. The van der Waals surface area contributed by atoms with E-state index in [0.29, 0.717) is 25.7 Å². The Kier molecular flexibility index (Phi) is 17.9. The van der Waals surface area contributed by atoms with Crippen molar-refractivity contribution in [2.24, 2.45) is 5.92 Å². The van der Waals surface area contributed by atoms with Gasteiger partial charge in [-0.15, -0.1) is 0 Å². The first-order valence-corrected chi connectivity index (χ1v) is 6.29. The summed E-state index contributed by atoms with van der Waals surface area (Å²) in [6.45, 7) is 4.73. The number of nitrogens with zero attached hydrogens (tertiary/aromatic N) is 1. The number of carbonyl (C=O) groups excluding carboxylic acids is 3. The monoisotopic (exact) mass is 287 g/mol. The Morgan fingerprint density at radius 2 is 1.75 bits per heavy atom. The van der Waals surface area contributed by atoms with E-state index < -0.39 is 0 Å². The maximum atomic E-state index is 11.3. The molecule has 20 heavy (non-hydrogen) atoms. The Labute approximate surface area is 120 Å². The van der Waals surface area contributed by atoms with Gasteiger partial charge in [0.2, 0.25) is 0 Å². The van der Waals surface area contributed by atoms with E-state index in [1.54, 1.807) is 13.0 Å². The lowest BCUT2D eigenvalue weighted by atomic mass is 9.91. The Morgan fingerprint density at radius 3 is 2.10 bits per heavy atom. The second kappa shape index (κ2) is 15.3. The van der Waals surface area contributed by atoms with Crippen LogP contribution in [0.3, 0.4) is 0 Å². The van der Waals surface area contributed by atoms with Crippen LogP contribution in [0.25, 0.3) is 0 Å². The minimum Gasteiger partial charge on any atom is -0.469 e. The molecule has 0 saturated heterocycles. The molecular formula is C14H25NO5. The molecule has 6 heteroatoms. The summed E-state index contributed by atoms with van der Waals surface area (Å²) in [7, 11) is 1.33. The maximum Gasteiger partial charge on any atom is 0.305 e. The molecule has 0 heterocycles. The third-order valence-corrected chi connectivity index (χ3v) is 2.47. The summed E-state index contributed by atoms with van der Waals surface area (Å²) in [5.41, 5.74) is 0. The van der Waals surface area contributed by atoms with Gasteiger partial charge in [-0.05, 0) is 19.3 Å². The first kappa shape index (κ1) is 23.4. The van der Waals surface area contributed by atoms with Gasteiger partial charge in [0.25, 0.3) is 0 Å². The largest absolute Gasteiger partial charge is 0.469 e. The van der Waals surface area contributed by atoms with Crippen LogP contribution in [0.1, 0.15) is 52.9 Å². The van der Waals surface area contributed by atoms with Crippen molar-refractivity contribution < 1.29 is 24.6 Å². The Morgan fingerprint density at radius 1 is 1.25 bits per heavy atom. The molecule has 0 bridgehead atoms. The van der Waals surface area contributed by atoms with Crippen LogP contribution in [0.15, 0.2) is 0 Å². The van der Waals surface area contributed by atoms with Crippen molar-refractivity contribution in [3.63, 3.8) is 0 Å². The number of rotatable bonds is 8. The lowest BCUT2D eigenvalue weighted by Crippen LogP contribution is -2.13. The topological polar surface area (TPSA) is 116 Å². The molecule has 116 valence electrons. The van der Waals surface area contributed by atoms with Crippen LogP contribution in [0.4, 0.5) is 0 Å². The molecule has 0 aliphatic rings. The van der Waals surface area contributed by atoms with Crippen LogP contribution in [0.2, 0.25) is 0 Å². The lowest BCUT2D eigenvalue weighted by Gasteiger charge is -2.13. The third kappa shape index (κ3) is 16.3. The summed E-state index contributed by atoms with van der Waals surface area (Å²) in [6.07, 6.45) is 2.03. The summed E-state index contributed by atoms with van der Waals surface area (Å²) in [5.74, 6) is -0.128. The molecule has 1 atom stereocenters. The predicted octanol–water partition coefficient (Wildman–Crippen LogP) is 1.61. The molecule has 0 aliphatic carbocycles. The van der Waals surface area contributed by atoms with Gasteiger partial charge in [0.1, 0.15) is 11.6 Å². The van der Waals surface area contributed by atoms with E-state index in [-0.39, 0.29) is 35.4 Å². The van der Waals surface area contributed by atoms with Gasteiger partial charge in [-0.2, -0.15) is 5.26 Å². The summed E-state index contributed by atoms with van der Waals surface area (Å²) in [4.78, 5) is 33.3. The lowest BCUT2D eigenvalue weighted by molar-refractivity contribution is -0.141. The van der Waals surface area contributed by atoms with Gasteiger partial charge in [-0.25, -0.2) is 0 Å². The second-order valence-corrected chi connectivity index (χ2v) is 4.21. The first-order chi connectivity index (χ1) is 8.90. The number of esters is 1. The Hall–Kier alpha value is -1.74. The van der Waals surface area contributed by atoms with Gasteiger partial charge in [-0.3, -0.25) is 9.59 Å². The summed E-state index contributed by atoms with van der Waals surface area (Å²) >= 11 is 0. The molecule has 0 radical (unpaired) electrons. The number of hydrogen-bond donors (Lipinski definition) is 0. The standard InChI is InChI=1S/C12H20O4.C2H3N.H2O/c1-4-11(14)8-10(7-9(2)13)5-6-12(15)16-3;1-2-3;/h10H,4-8H2,1-3H3;1H3;1H2. The molecule has 6 nitrogen and oxygen atoms in total. The number of Topliss-reactive ketones (excluding diaryl/α,β-unsaturated/α-hetero) is 2. The fourth-order valence-corrected chi connectivity index (χ4v) is 1.57. The fraction of sp³-hybridized carbons (Fsp3) is 0.714. The number of ether oxygens (including phenoxy) is 1. The quantitative estimate of drug-likeness (QED) is 0.629. The van der Waals surface area contributed by atoms with Crippen molar-refractivity contribution in [3.8, 4) is 6.07 Å². The van der Waals surface area contributed by atoms with Gasteiger partial charge in [0.15, 0.2) is 0 Å². The Bertz CT molecular complexity index is 333. The van der Waals surface area contributed by atoms with E-state index in [4.69, 9.17) is 5.26 Å². The molecule has 1 unspecified atom stereocenters. The zero-order chi connectivity index (χ0) is 15.3. The summed E-state index contributed by atoms with van der Waals surface area (Å²) in [5, 5.41) is 7.32. The number of nitriles is 1. The smallest absolute Gasteiger partial charge is 0.305 e. The molecule has 0 aromatic heterocycles. The molecule has 2 N–H and O–H groups in total. The van der Waals surface area contributed by atoms with Gasteiger partial charge in [-0.1, -0.05) is 6.92 Å². The summed E-state index contributed by atoms with van der Waals surface area (Å²) < 4.78 is 4.53. The number of methoxy groups -OCH3 is 1. The SMILES string of the molecule is CC#N.CCC(=O)CC(CCC(=O)OC)CC(C)=O.O. The molecule has 0 spiro atoms. The van der Waals surface area contributed by atoms with Crippen LogP contribution >= 0.6 is 0 Å². The van der Waals surface area contributed by atoms with E-state index in [1.165, 1.54) is 21.0 Å². The van der Waals surface area contributed by atoms with Crippen molar-refractivity contribution in [2.45, 2.75) is 52.9 Å². The predicted molar refractivity (Wildman–Crippen MR) is 74.9 cm³/mol.